The highest BCUT2D eigenvalue weighted by molar-refractivity contribution is 5.90. The van der Waals surface area contributed by atoms with Crippen molar-refractivity contribution in [3.8, 4) is 0 Å². The van der Waals surface area contributed by atoms with Crippen LogP contribution in [-0.2, 0) is 19.4 Å². The molecule has 2 aromatic heterocycles. The lowest BCUT2D eigenvalue weighted by Crippen LogP contribution is -2.36. The van der Waals surface area contributed by atoms with E-state index < -0.39 is 5.69 Å². The minimum absolute atomic E-state index is 0.0250. The van der Waals surface area contributed by atoms with Gasteiger partial charge in [0.25, 0.3) is 5.91 Å². The number of hydrogen-bond donors (Lipinski definition) is 2. The van der Waals surface area contributed by atoms with Crippen LogP contribution < -0.4 is 5.69 Å². The van der Waals surface area contributed by atoms with Crippen LogP contribution in [0.4, 0.5) is 0 Å². The molecule has 1 amide bonds. The van der Waals surface area contributed by atoms with Gasteiger partial charge in [0.1, 0.15) is 11.5 Å². The van der Waals surface area contributed by atoms with Gasteiger partial charge in [-0.05, 0) is 12.3 Å². The van der Waals surface area contributed by atoms with Gasteiger partial charge >= 0.3 is 5.69 Å². The lowest BCUT2D eigenvalue weighted by molar-refractivity contribution is 0.0716. The van der Waals surface area contributed by atoms with E-state index in [1.165, 1.54) is 0 Å². The fraction of sp³-hybridized carbons (Fsp3) is 0.571. The summed E-state index contributed by atoms with van der Waals surface area (Å²) in [6.07, 6.45) is 2.46. The summed E-state index contributed by atoms with van der Waals surface area (Å²) in [6, 6.07) is 0. The summed E-state index contributed by atoms with van der Waals surface area (Å²) < 4.78 is 5.77. The van der Waals surface area contributed by atoms with E-state index in [0.717, 1.165) is 30.2 Å². The van der Waals surface area contributed by atoms with Gasteiger partial charge in [0, 0.05) is 19.4 Å². The van der Waals surface area contributed by atoms with Gasteiger partial charge in [0.15, 0.2) is 5.89 Å². The van der Waals surface area contributed by atoms with Crippen LogP contribution in [0.2, 0.25) is 0 Å². The minimum Gasteiger partial charge on any atom is -0.445 e. The van der Waals surface area contributed by atoms with Crippen molar-refractivity contribution in [2.45, 2.75) is 39.7 Å². The molecule has 0 aromatic carbocycles. The summed E-state index contributed by atoms with van der Waals surface area (Å²) in [5.41, 5.74) is 0.315. The highest BCUT2D eigenvalue weighted by Crippen LogP contribution is 2.21. The van der Waals surface area contributed by atoms with Crippen molar-refractivity contribution in [3.05, 3.63) is 33.7 Å². The molecule has 0 bridgehead atoms. The van der Waals surface area contributed by atoms with Gasteiger partial charge in [0.05, 0.1) is 6.54 Å². The molecule has 8 nitrogen and oxygen atoms in total. The van der Waals surface area contributed by atoms with E-state index in [0.29, 0.717) is 25.4 Å². The van der Waals surface area contributed by atoms with Gasteiger partial charge in [0.2, 0.25) is 5.82 Å². The summed E-state index contributed by atoms with van der Waals surface area (Å²) in [6.45, 7) is 5.23. The molecule has 3 rings (SSSR count). The van der Waals surface area contributed by atoms with Crippen LogP contribution in [0.3, 0.4) is 0 Å². The maximum atomic E-state index is 12.3. The Labute approximate surface area is 126 Å². The van der Waals surface area contributed by atoms with E-state index in [1.54, 1.807) is 4.90 Å². The molecule has 2 N–H and O–H groups in total. The Morgan fingerprint density at radius 3 is 2.95 bits per heavy atom. The van der Waals surface area contributed by atoms with E-state index in [-0.39, 0.29) is 11.7 Å². The third kappa shape index (κ3) is 2.95. The number of H-pyrrole nitrogens is 2. The largest absolute Gasteiger partial charge is 0.445 e. The van der Waals surface area contributed by atoms with Crippen LogP contribution in [0.15, 0.2) is 9.21 Å². The second-order valence-electron chi connectivity index (χ2n) is 5.91. The number of carbonyl (C=O) groups is 1. The minimum atomic E-state index is -0.488. The molecule has 0 radical (unpaired) electrons. The predicted molar refractivity (Wildman–Crippen MR) is 77.3 cm³/mol. The molecular formula is C14H19N5O3. The Morgan fingerprint density at radius 2 is 2.27 bits per heavy atom. The highest BCUT2D eigenvalue weighted by Gasteiger charge is 2.27. The Morgan fingerprint density at radius 1 is 1.45 bits per heavy atom. The van der Waals surface area contributed by atoms with Gasteiger partial charge in [-0.1, -0.05) is 13.8 Å². The second kappa shape index (κ2) is 5.78. The second-order valence-corrected chi connectivity index (χ2v) is 5.91. The number of oxazole rings is 1. The number of fused-ring (bicyclic) bond motifs is 1. The van der Waals surface area contributed by atoms with Crippen LogP contribution in [0, 0.1) is 5.92 Å². The SMILES string of the molecule is CC(C)CCc1nc2c(o1)CCN(C(=O)c1n[nH]c(=O)[nH]1)C2. The van der Waals surface area contributed by atoms with Crippen LogP contribution in [0.25, 0.3) is 0 Å². The molecule has 118 valence electrons. The molecule has 1 aliphatic rings. The number of carbonyl (C=O) groups excluding carboxylic acids is 1. The first-order valence-corrected chi connectivity index (χ1v) is 7.44. The third-order valence-corrected chi connectivity index (χ3v) is 3.70. The molecule has 0 fully saturated rings. The van der Waals surface area contributed by atoms with Gasteiger partial charge in [-0.2, -0.15) is 0 Å². The average Bonchev–Trinajstić information content (AvgIpc) is 3.09. The molecule has 8 heteroatoms. The van der Waals surface area contributed by atoms with E-state index in [2.05, 4.69) is 34.0 Å². The first-order valence-electron chi connectivity index (χ1n) is 7.44. The number of nitrogens with one attached hydrogen (secondary N) is 2. The zero-order chi connectivity index (χ0) is 15.7. The predicted octanol–water partition coefficient (Wildman–Crippen LogP) is 0.873. The molecule has 3 heterocycles. The molecule has 2 aromatic rings. The Balaban J connectivity index is 1.70. The monoisotopic (exact) mass is 305 g/mol. The summed E-state index contributed by atoms with van der Waals surface area (Å²) in [5, 5.41) is 5.87. The standard InChI is InChI=1S/C14H19N5O3/c1-8(2)3-4-11-15-9-7-19(6-5-10(9)22-11)13(20)12-16-14(21)18-17-12/h8H,3-7H2,1-2H3,(H2,16,17,18,21). The quantitative estimate of drug-likeness (QED) is 0.871. The van der Waals surface area contributed by atoms with Gasteiger partial charge in [-0.3, -0.25) is 9.78 Å². The van der Waals surface area contributed by atoms with Crippen molar-refractivity contribution in [2.24, 2.45) is 5.92 Å². The van der Waals surface area contributed by atoms with Crippen molar-refractivity contribution >= 4 is 5.91 Å². The number of rotatable bonds is 4. The number of nitrogens with zero attached hydrogens (tertiary/aromatic N) is 3. The maximum absolute atomic E-state index is 12.3. The molecule has 0 saturated heterocycles. The van der Waals surface area contributed by atoms with Crippen molar-refractivity contribution in [1.82, 2.24) is 25.1 Å². The molecule has 0 aliphatic carbocycles. The van der Waals surface area contributed by atoms with Crippen molar-refractivity contribution in [3.63, 3.8) is 0 Å². The summed E-state index contributed by atoms with van der Waals surface area (Å²) in [7, 11) is 0. The molecule has 0 atom stereocenters. The van der Waals surface area contributed by atoms with Gasteiger partial charge < -0.3 is 9.32 Å². The summed E-state index contributed by atoms with van der Waals surface area (Å²) in [5.74, 6) is 1.91. The van der Waals surface area contributed by atoms with E-state index in [4.69, 9.17) is 4.42 Å². The van der Waals surface area contributed by atoms with Gasteiger partial charge in [-0.15, -0.1) is 5.10 Å². The molecule has 22 heavy (non-hydrogen) atoms. The van der Waals surface area contributed by atoms with Crippen LogP contribution in [-0.4, -0.2) is 37.5 Å². The van der Waals surface area contributed by atoms with Crippen molar-refractivity contribution in [1.29, 1.82) is 0 Å². The van der Waals surface area contributed by atoms with Crippen LogP contribution >= 0.6 is 0 Å². The number of aromatic nitrogens is 4. The number of hydrogen-bond acceptors (Lipinski definition) is 5. The molecule has 0 spiro atoms. The number of aryl methyl sites for hydroxylation is 1. The van der Waals surface area contributed by atoms with Crippen molar-refractivity contribution in [2.75, 3.05) is 6.54 Å². The maximum Gasteiger partial charge on any atom is 0.341 e. The third-order valence-electron chi connectivity index (χ3n) is 3.70. The smallest absolute Gasteiger partial charge is 0.341 e. The number of aromatic amines is 2. The van der Waals surface area contributed by atoms with Crippen LogP contribution in [0.1, 0.15) is 48.2 Å². The Kier molecular flexibility index (Phi) is 3.82. The average molecular weight is 305 g/mol. The van der Waals surface area contributed by atoms with E-state index in [1.807, 2.05) is 0 Å². The zero-order valence-electron chi connectivity index (χ0n) is 12.7. The van der Waals surface area contributed by atoms with Crippen molar-refractivity contribution < 1.29 is 9.21 Å². The summed E-state index contributed by atoms with van der Waals surface area (Å²) >= 11 is 0. The fourth-order valence-corrected chi connectivity index (χ4v) is 2.47. The summed E-state index contributed by atoms with van der Waals surface area (Å²) in [4.78, 5) is 31.8. The first-order chi connectivity index (χ1) is 10.5. The lowest BCUT2D eigenvalue weighted by atomic mass is 10.1. The topological polar surface area (TPSA) is 108 Å². The zero-order valence-corrected chi connectivity index (χ0v) is 12.7. The highest BCUT2D eigenvalue weighted by atomic mass is 16.4. The molecule has 0 saturated carbocycles. The van der Waals surface area contributed by atoms with E-state index >= 15 is 0 Å². The molecule has 0 unspecified atom stereocenters. The van der Waals surface area contributed by atoms with Gasteiger partial charge in [-0.25, -0.2) is 14.9 Å². The molecule has 1 aliphatic heterocycles. The molecular weight excluding hydrogens is 286 g/mol. The Bertz CT molecular complexity index is 727. The van der Waals surface area contributed by atoms with Crippen LogP contribution in [0.5, 0.6) is 0 Å². The normalized spacial score (nSPS) is 14.4. The van der Waals surface area contributed by atoms with E-state index in [9.17, 15) is 9.59 Å². The Hall–Kier alpha value is -2.38. The lowest BCUT2D eigenvalue weighted by Gasteiger charge is -2.24. The number of amides is 1. The first kappa shape index (κ1) is 14.6. The fourth-order valence-electron chi connectivity index (χ4n) is 2.47.